The smallest absolute Gasteiger partial charge is 0.336 e. The summed E-state index contributed by atoms with van der Waals surface area (Å²) in [7, 11) is 0. The number of rotatable bonds is 3. The molecule has 0 bridgehead atoms. The first kappa shape index (κ1) is 11.5. The maximum Gasteiger partial charge on any atom is 0.336 e. The molecule has 0 spiro atoms. The lowest BCUT2D eigenvalue weighted by molar-refractivity contribution is 0.0696. The minimum absolute atomic E-state index is 0.121. The van der Waals surface area contributed by atoms with Crippen LogP contribution in [0.4, 0.5) is 5.69 Å². The number of carboxylic acid groups (broad SMARTS) is 1. The normalized spacial score (nSPS) is 11.5. The lowest BCUT2D eigenvalue weighted by Gasteiger charge is -2.02. The van der Waals surface area contributed by atoms with Crippen molar-refractivity contribution in [2.24, 2.45) is 10.7 Å². The van der Waals surface area contributed by atoms with E-state index in [0.29, 0.717) is 11.3 Å². The Bertz CT molecular complexity index is 416. The number of nitrogens with zero attached hydrogens (tertiary/aromatic N) is 1. The van der Waals surface area contributed by atoms with Crippen LogP contribution in [0.15, 0.2) is 23.2 Å². The zero-order valence-electron chi connectivity index (χ0n) is 8.20. The minimum Gasteiger partial charge on any atom is -0.478 e. The molecule has 0 aliphatic carbocycles. The molecule has 0 amide bonds. The topological polar surface area (TPSA) is 75.7 Å². The molecular formula is C10H11ClN2O2. The number of nitrogens with two attached hydrogens (primary N) is 1. The molecule has 5 heteroatoms. The van der Waals surface area contributed by atoms with E-state index in [1.807, 2.05) is 0 Å². The van der Waals surface area contributed by atoms with Crippen molar-refractivity contribution in [3.05, 3.63) is 29.3 Å². The molecule has 0 aromatic heterocycles. The minimum atomic E-state index is -0.978. The Morgan fingerprint density at radius 2 is 2.27 bits per heavy atom. The average molecular weight is 227 g/mol. The standard InChI is InChI=1S/C10H11ClN2O2/c1-6-2-3-7(13-9(12)5-11)4-8(6)10(14)15/h2-4H,5H2,1H3,(H2,12,13)(H,14,15). The van der Waals surface area contributed by atoms with Gasteiger partial charge in [0.25, 0.3) is 0 Å². The Hall–Kier alpha value is -1.55. The molecule has 0 atom stereocenters. The molecular weight excluding hydrogens is 216 g/mol. The van der Waals surface area contributed by atoms with Gasteiger partial charge in [-0.05, 0) is 24.6 Å². The summed E-state index contributed by atoms with van der Waals surface area (Å²) in [6.45, 7) is 1.72. The van der Waals surface area contributed by atoms with Gasteiger partial charge in [-0.2, -0.15) is 0 Å². The summed E-state index contributed by atoms with van der Waals surface area (Å²) in [6, 6.07) is 4.85. The SMILES string of the molecule is Cc1ccc(N=C(N)CCl)cc1C(=O)O. The number of carboxylic acids is 1. The van der Waals surface area contributed by atoms with Crippen LogP contribution in [0.25, 0.3) is 0 Å². The Morgan fingerprint density at radius 3 is 2.80 bits per heavy atom. The van der Waals surface area contributed by atoms with Gasteiger partial charge in [0, 0.05) is 0 Å². The number of aromatic carboxylic acids is 1. The van der Waals surface area contributed by atoms with Crippen LogP contribution in [-0.4, -0.2) is 22.8 Å². The molecule has 1 aromatic rings. The monoisotopic (exact) mass is 226 g/mol. The molecule has 0 saturated heterocycles. The number of hydrogen-bond acceptors (Lipinski definition) is 2. The first-order valence-electron chi connectivity index (χ1n) is 4.27. The highest BCUT2D eigenvalue weighted by molar-refractivity contribution is 6.28. The predicted octanol–water partition coefficient (Wildman–Crippen LogP) is 1.92. The van der Waals surface area contributed by atoms with Crippen molar-refractivity contribution < 1.29 is 9.90 Å². The number of benzene rings is 1. The van der Waals surface area contributed by atoms with Crippen LogP contribution < -0.4 is 5.73 Å². The maximum atomic E-state index is 10.8. The molecule has 0 unspecified atom stereocenters. The highest BCUT2D eigenvalue weighted by Crippen LogP contribution is 2.18. The molecule has 1 aromatic carbocycles. The van der Waals surface area contributed by atoms with E-state index in [0.717, 1.165) is 0 Å². The van der Waals surface area contributed by atoms with Crippen molar-refractivity contribution in [3.63, 3.8) is 0 Å². The van der Waals surface area contributed by atoms with Crippen molar-refractivity contribution in [1.29, 1.82) is 0 Å². The Morgan fingerprint density at radius 1 is 1.60 bits per heavy atom. The van der Waals surface area contributed by atoms with Crippen LogP contribution in [0.2, 0.25) is 0 Å². The molecule has 3 N–H and O–H groups in total. The van der Waals surface area contributed by atoms with E-state index in [2.05, 4.69) is 4.99 Å². The van der Waals surface area contributed by atoms with Gasteiger partial charge in [0.15, 0.2) is 0 Å². The maximum absolute atomic E-state index is 10.8. The van der Waals surface area contributed by atoms with Crippen LogP contribution in [0.3, 0.4) is 0 Å². The van der Waals surface area contributed by atoms with Crippen molar-refractivity contribution in [2.75, 3.05) is 5.88 Å². The fourth-order valence-corrected chi connectivity index (χ4v) is 1.17. The van der Waals surface area contributed by atoms with Gasteiger partial charge in [-0.25, -0.2) is 9.79 Å². The number of carbonyl (C=O) groups is 1. The number of aliphatic imine (C=N–C) groups is 1. The highest BCUT2D eigenvalue weighted by Gasteiger charge is 2.07. The van der Waals surface area contributed by atoms with Crippen molar-refractivity contribution >= 4 is 29.1 Å². The molecule has 4 nitrogen and oxygen atoms in total. The van der Waals surface area contributed by atoms with E-state index >= 15 is 0 Å². The summed E-state index contributed by atoms with van der Waals surface area (Å²) in [4.78, 5) is 14.8. The van der Waals surface area contributed by atoms with Gasteiger partial charge in [0.1, 0.15) is 5.84 Å². The summed E-state index contributed by atoms with van der Waals surface area (Å²) in [5.41, 5.74) is 6.84. The third-order valence-corrected chi connectivity index (χ3v) is 2.14. The Kier molecular flexibility index (Phi) is 3.68. The molecule has 1 rings (SSSR count). The Labute approximate surface area is 92.4 Å². The molecule has 0 aliphatic rings. The summed E-state index contributed by atoms with van der Waals surface area (Å²) >= 11 is 5.46. The number of halogens is 1. The second kappa shape index (κ2) is 4.79. The third kappa shape index (κ3) is 2.95. The van der Waals surface area contributed by atoms with E-state index in [1.165, 1.54) is 6.07 Å². The number of alkyl halides is 1. The van der Waals surface area contributed by atoms with Gasteiger partial charge in [-0.3, -0.25) is 0 Å². The van der Waals surface area contributed by atoms with E-state index in [-0.39, 0.29) is 17.3 Å². The second-order valence-corrected chi connectivity index (χ2v) is 3.31. The fourth-order valence-electron chi connectivity index (χ4n) is 1.11. The highest BCUT2D eigenvalue weighted by atomic mass is 35.5. The van der Waals surface area contributed by atoms with Crippen molar-refractivity contribution in [3.8, 4) is 0 Å². The van der Waals surface area contributed by atoms with Gasteiger partial charge in [-0.1, -0.05) is 6.07 Å². The summed E-state index contributed by atoms with van der Waals surface area (Å²) in [5.74, 6) is -0.595. The second-order valence-electron chi connectivity index (χ2n) is 3.04. The number of amidine groups is 1. The van der Waals surface area contributed by atoms with Gasteiger partial charge in [0.05, 0.1) is 17.1 Å². The number of aryl methyl sites for hydroxylation is 1. The zero-order chi connectivity index (χ0) is 11.4. The Balaban J connectivity index is 3.13. The first-order chi connectivity index (χ1) is 7.04. The molecule has 0 radical (unpaired) electrons. The van der Waals surface area contributed by atoms with Gasteiger partial charge < -0.3 is 10.8 Å². The van der Waals surface area contributed by atoms with Gasteiger partial charge in [0.2, 0.25) is 0 Å². The van der Waals surface area contributed by atoms with Crippen LogP contribution in [0, 0.1) is 6.92 Å². The third-order valence-electron chi connectivity index (χ3n) is 1.86. The molecule has 0 fully saturated rings. The van der Waals surface area contributed by atoms with E-state index < -0.39 is 5.97 Å². The van der Waals surface area contributed by atoms with E-state index in [4.69, 9.17) is 22.4 Å². The fraction of sp³-hybridized carbons (Fsp3) is 0.200. The molecule has 0 heterocycles. The van der Waals surface area contributed by atoms with Crippen LogP contribution in [-0.2, 0) is 0 Å². The first-order valence-corrected chi connectivity index (χ1v) is 4.81. The molecule has 15 heavy (non-hydrogen) atoms. The number of hydrogen-bond donors (Lipinski definition) is 2. The van der Waals surface area contributed by atoms with Crippen molar-refractivity contribution in [2.45, 2.75) is 6.92 Å². The van der Waals surface area contributed by atoms with Crippen LogP contribution in [0.5, 0.6) is 0 Å². The van der Waals surface area contributed by atoms with Crippen LogP contribution in [0.1, 0.15) is 15.9 Å². The summed E-state index contributed by atoms with van der Waals surface area (Å²) < 4.78 is 0. The summed E-state index contributed by atoms with van der Waals surface area (Å²) in [6.07, 6.45) is 0. The van der Waals surface area contributed by atoms with Gasteiger partial charge in [-0.15, -0.1) is 11.6 Å². The molecule has 0 aliphatic heterocycles. The quantitative estimate of drug-likeness (QED) is 0.470. The lowest BCUT2D eigenvalue weighted by atomic mass is 10.1. The average Bonchev–Trinajstić information content (AvgIpc) is 2.20. The van der Waals surface area contributed by atoms with Crippen molar-refractivity contribution in [1.82, 2.24) is 0 Å². The summed E-state index contributed by atoms with van der Waals surface area (Å²) in [5, 5.41) is 8.88. The van der Waals surface area contributed by atoms with Crippen LogP contribution >= 0.6 is 11.6 Å². The van der Waals surface area contributed by atoms with Gasteiger partial charge >= 0.3 is 5.97 Å². The molecule has 0 saturated carbocycles. The zero-order valence-corrected chi connectivity index (χ0v) is 8.95. The predicted molar refractivity (Wildman–Crippen MR) is 60.1 cm³/mol. The van der Waals surface area contributed by atoms with E-state index in [9.17, 15) is 4.79 Å². The largest absolute Gasteiger partial charge is 0.478 e. The molecule has 80 valence electrons. The van der Waals surface area contributed by atoms with E-state index in [1.54, 1.807) is 19.1 Å². The lowest BCUT2D eigenvalue weighted by Crippen LogP contribution is -2.12.